The average molecular weight is 440 g/mol. The van der Waals surface area contributed by atoms with E-state index in [0.717, 1.165) is 35.6 Å². The van der Waals surface area contributed by atoms with Crippen LogP contribution in [0.1, 0.15) is 24.8 Å². The number of benzene rings is 2. The Morgan fingerprint density at radius 3 is 2.34 bits per heavy atom. The molecule has 2 heterocycles. The van der Waals surface area contributed by atoms with Gasteiger partial charge in [-0.25, -0.2) is 4.79 Å². The van der Waals surface area contributed by atoms with Crippen molar-refractivity contribution in [2.45, 2.75) is 32.1 Å². The summed E-state index contributed by atoms with van der Waals surface area (Å²) in [6, 6.07) is 14.4. The molecule has 0 saturated carbocycles. The fraction of sp³-hybridized carbons (Fsp3) is 0.417. The standard InChI is InChI=1S/C24H28N2O6/c1-29-20-8-4-18(5-9-20)17-26-22(27)12-13-25(24(26)28)19-6-10-21(11-7-19)30-14-2-3-23-31-15-16-32-23/h4-11,23H,2-3,12-17H2,1H3. The number of amides is 3. The third kappa shape index (κ3) is 5.38. The lowest BCUT2D eigenvalue weighted by molar-refractivity contribution is -0.129. The summed E-state index contributed by atoms with van der Waals surface area (Å²) in [5.74, 6) is 1.30. The van der Waals surface area contributed by atoms with Crippen LogP contribution in [0.25, 0.3) is 0 Å². The van der Waals surface area contributed by atoms with Crippen LogP contribution < -0.4 is 14.4 Å². The van der Waals surface area contributed by atoms with Gasteiger partial charge in [-0.15, -0.1) is 0 Å². The molecule has 0 aliphatic carbocycles. The van der Waals surface area contributed by atoms with E-state index >= 15 is 0 Å². The van der Waals surface area contributed by atoms with Crippen LogP contribution in [0, 0.1) is 0 Å². The molecule has 2 saturated heterocycles. The molecule has 0 atom stereocenters. The van der Waals surface area contributed by atoms with Gasteiger partial charge in [0.25, 0.3) is 0 Å². The van der Waals surface area contributed by atoms with E-state index in [0.29, 0.717) is 26.4 Å². The molecule has 4 rings (SSSR count). The molecule has 0 spiro atoms. The largest absolute Gasteiger partial charge is 0.497 e. The maximum Gasteiger partial charge on any atom is 0.331 e. The Hall–Kier alpha value is -3.10. The molecule has 0 bridgehead atoms. The number of carbonyl (C=O) groups is 2. The second-order valence-electron chi connectivity index (χ2n) is 7.67. The molecule has 2 aromatic rings. The lowest BCUT2D eigenvalue weighted by atomic mass is 10.1. The molecule has 2 fully saturated rings. The highest BCUT2D eigenvalue weighted by atomic mass is 16.7. The van der Waals surface area contributed by atoms with Gasteiger partial charge >= 0.3 is 6.03 Å². The summed E-state index contributed by atoms with van der Waals surface area (Å²) < 4.78 is 21.8. The van der Waals surface area contributed by atoms with Crippen molar-refractivity contribution in [2.24, 2.45) is 0 Å². The molecular formula is C24H28N2O6. The van der Waals surface area contributed by atoms with Crippen LogP contribution in [-0.2, 0) is 20.8 Å². The molecule has 2 aliphatic rings. The van der Waals surface area contributed by atoms with Crippen LogP contribution >= 0.6 is 0 Å². The number of carbonyl (C=O) groups excluding carboxylic acids is 2. The number of nitrogens with zero attached hydrogens (tertiary/aromatic N) is 2. The highest BCUT2D eigenvalue weighted by Crippen LogP contribution is 2.25. The van der Waals surface area contributed by atoms with Gasteiger partial charge in [-0.3, -0.25) is 14.6 Å². The number of hydrogen-bond acceptors (Lipinski definition) is 6. The van der Waals surface area contributed by atoms with Crippen molar-refractivity contribution in [3.63, 3.8) is 0 Å². The SMILES string of the molecule is COc1ccc(CN2C(=O)CCN(c3ccc(OCCCC4OCCO4)cc3)C2=O)cc1. The van der Waals surface area contributed by atoms with E-state index in [1.165, 1.54) is 4.90 Å². The van der Waals surface area contributed by atoms with Crippen LogP contribution in [0.15, 0.2) is 48.5 Å². The first kappa shape index (κ1) is 22.1. The minimum absolute atomic E-state index is 0.116. The molecule has 32 heavy (non-hydrogen) atoms. The fourth-order valence-corrected chi connectivity index (χ4v) is 3.74. The summed E-state index contributed by atoms with van der Waals surface area (Å²) in [4.78, 5) is 28.4. The smallest absolute Gasteiger partial charge is 0.331 e. The van der Waals surface area contributed by atoms with E-state index in [4.69, 9.17) is 18.9 Å². The molecule has 2 aliphatic heterocycles. The lowest BCUT2D eigenvalue weighted by Crippen LogP contribution is -2.52. The minimum Gasteiger partial charge on any atom is -0.497 e. The van der Waals surface area contributed by atoms with Gasteiger partial charge in [0.1, 0.15) is 11.5 Å². The van der Waals surface area contributed by atoms with Gasteiger partial charge in [0.05, 0.1) is 33.5 Å². The molecule has 8 nitrogen and oxygen atoms in total. The van der Waals surface area contributed by atoms with Gasteiger partial charge < -0.3 is 18.9 Å². The van der Waals surface area contributed by atoms with Gasteiger partial charge in [-0.1, -0.05) is 12.1 Å². The highest BCUT2D eigenvalue weighted by Gasteiger charge is 2.32. The number of ether oxygens (including phenoxy) is 4. The minimum atomic E-state index is -0.317. The van der Waals surface area contributed by atoms with Gasteiger partial charge in [-0.2, -0.15) is 0 Å². The molecule has 2 aromatic carbocycles. The van der Waals surface area contributed by atoms with E-state index in [9.17, 15) is 9.59 Å². The zero-order chi connectivity index (χ0) is 22.3. The average Bonchev–Trinajstić information content (AvgIpc) is 3.34. The predicted octanol–water partition coefficient (Wildman–Crippen LogP) is 3.59. The summed E-state index contributed by atoms with van der Waals surface area (Å²) in [7, 11) is 1.60. The third-order valence-corrected chi connectivity index (χ3v) is 5.50. The fourth-order valence-electron chi connectivity index (χ4n) is 3.74. The van der Waals surface area contributed by atoms with Crippen LogP contribution in [-0.4, -0.2) is 56.6 Å². The highest BCUT2D eigenvalue weighted by molar-refractivity contribution is 6.05. The second-order valence-corrected chi connectivity index (χ2v) is 7.67. The van der Waals surface area contributed by atoms with Crippen molar-refractivity contribution in [3.05, 3.63) is 54.1 Å². The first-order valence-electron chi connectivity index (χ1n) is 10.8. The molecule has 0 radical (unpaired) electrons. The first-order chi connectivity index (χ1) is 15.6. The van der Waals surface area contributed by atoms with Crippen LogP contribution in [0.4, 0.5) is 10.5 Å². The normalized spacial score (nSPS) is 17.2. The van der Waals surface area contributed by atoms with Crippen molar-refractivity contribution in [2.75, 3.05) is 38.4 Å². The quantitative estimate of drug-likeness (QED) is 0.555. The topological polar surface area (TPSA) is 77.5 Å². The molecule has 0 unspecified atom stereocenters. The number of urea groups is 1. The van der Waals surface area contributed by atoms with Crippen LogP contribution in [0.3, 0.4) is 0 Å². The molecule has 0 aromatic heterocycles. The van der Waals surface area contributed by atoms with E-state index in [1.807, 2.05) is 48.5 Å². The Labute approximate surface area is 187 Å². The van der Waals surface area contributed by atoms with Crippen molar-refractivity contribution >= 4 is 17.6 Å². The summed E-state index contributed by atoms with van der Waals surface area (Å²) >= 11 is 0. The number of methoxy groups -OCH3 is 1. The third-order valence-electron chi connectivity index (χ3n) is 5.50. The van der Waals surface area contributed by atoms with Crippen molar-refractivity contribution in [1.82, 2.24) is 4.90 Å². The van der Waals surface area contributed by atoms with Crippen LogP contribution in [0.5, 0.6) is 11.5 Å². The zero-order valence-corrected chi connectivity index (χ0v) is 18.2. The Morgan fingerprint density at radius 2 is 1.66 bits per heavy atom. The van der Waals surface area contributed by atoms with Gasteiger partial charge in [0, 0.05) is 25.1 Å². The van der Waals surface area contributed by atoms with Crippen molar-refractivity contribution in [3.8, 4) is 11.5 Å². The number of rotatable bonds is 9. The van der Waals surface area contributed by atoms with E-state index in [1.54, 1.807) is 12.0 Å². The monoisotopic (exact) mass is 440 g/mol. The van der Waals surface area contributed by atoms with E-state index in [-0.39, 0.29) is 31.2 Å². The summed E-state index contributed by atoms with van der Waals surface area (Å²) in [6.07, 6.45) is 1.80. The van der Waals surface area contributed by atoms with E-state index in [2.05, 4.69) is 0 Å². The van der Waals surface area contributed by atoms with Gasteiger partial charge in [-0.05, 0) is 48.4 Å². The Kier molecular flexibility index (Phi) is 7.24. The molecule has 0 N–H and O–H groups in total. The zero-order valence-electron chi connectivity index (χ0n) is 18.2. The lowest BCUT2D eigenvalue weighted by Gasteiger charge is -2.34. The van der Waals surface area contributed by atoms with Crippen molar-refractivity contribution < 1.29 is 28.5 Å². The number of anilines is 1. The number of hydrogen-bond donors (Lipinski definition) is 0. The van der Waals surface area contributed by atoms with E-state index < -0.39 is 0 Å². The second kappa shape index (κ2) is 10.5. The van der Waals surface area contributed by atoms with Crippen molar-refractivity contribution in [1.29, 1.82) is 0 Å². The maximum atomic E-state index is 13.0. The number of imide groups is 1. The Balaban J connectivity index is 1.32. The Bertz CT molecular complexity index is 909. The molecule has 8 heteroatoms. The van der Waals surface area contributed by atoms with Gasteiger partial charge in [0.15, 0.2) is 6.29 Å². The summed E-state index contributed by atoms with van der Waals surface area (Å²) in [6.45, 7) is 2.47. The van der Waals surface area contributed by atoms with Crippen LogP contribution in [0.2, 0.25) is 0 Å². The predicted molar refractivity (Wildman–Crippen MR) is 118 cm³/mol. The molecule has 3 amide bonds. The molecular weight excluding hydrogens is 412 g/mol. The Morgan fingerprint density at radius 1 is 0.969 bits per heavy atom. The summed E-state index contributed by atoms with van der Waals surface area (Å²) in [5, 5.41) is 0. The maximum absolute atomic E-state index is 13.0. The van der Waals surface area contributed by atoms with Gasteiger partial charge in [0.2, 0.25) is 5.91 Å². The molecule has 170 valence electrons. The summed E-state index contributed by atoms with van der Waals surface area (Å²) in [5.41, 5.74) is 1.61. The first-order valence-corrected chi connectivity index (χ1v) is 10.8.